The molecule has 0 atom stereocenters. The number of alkyl halides is 3. The van der Waals surface area contributed by atoms with Crippen molar-refractivity contribution in [1.29, 1.82) is 0 Å². The van der Waals surface area contributed by atoms with Gasteiger partial charge in [-0.1, -0.05) is 27.7 Å². The van der Waals surface area contributed by atoms with Crippen molar-refractivity contribution in [3.8, 4) is 5.75 Å². The fourth-order valence-electron chi connectivity index (χ4n) is 5.79. The second-order valence-corrected chi connectivity index (χ2v) is 11.5. The molecule has 1 N–H and O–H groups in total. The number of hydrogen-bond donors (Lipinski definition) is 1. The molecule has 194 valence electrons. The molecular formula is C27H33F3N4O2. The monoisotopic (exact) mass is 502 g/mol. The maximum atomic E-state index is 12.6. The normalized spacial score (nSPS) is 17.7. The number of carbonyl (C=O) groups is 1. The highest BCUT2D eigenvalue weighted by molar-refractivity contribution is 5.97. The van der Waals surface area contributed by atoms with Crippen LogP contribution in [0.3, 0.4) is 0 Å². The molecule has 1 amide bonds. The lowest BCUT2D eigenvalue weighted by molar-refractivity contribution is -0.274. The first-order chi connectivity index (χ1) is 16.6. The quantitative estimate of drug-likeness (QED) is 0.402. The van der Waals surface area contributed by atoms with Crippen molar-refractivity contribution in [2.45, 2.75) is 59.4 Å². The van der Waals surface area contributed by atoms with E-state index in [0.29, 0.717) is 22.7 Å². The third-order valence-electron chi connectivity index (χ3n) is 6.59. The predicted octanol–water partition coefficient (Wildman–Crippen LogP) is 7.16. The van der Waals surface area contributed by atoms with Gasteiger partial charge in [-0.3, -0.25) is 4.79 Å². The first-order valence-corrected chi connectivity index (χ1v) is 12.0. The van der Waals surface area contributed by atoms with E-state index in [0.717, 1.165) is 24.8 Å². The van der Waals surface area contributed by atoms with Gasteiger partial charge in [0.05, 0.1) is 11.0 Å². The SMILES string of the molecule is CN(C)C(=O)c1ccc2c(c1)nc(Nc1ccc(OC(F)(F)F)cc1)n2C1CC(C)(C)CC(C)(C)C1. The van der Waals surface area contributed by atoms with E-state index in [4.69, 9.17) is 4.98 Å². The highest BCUT2D eigenvalue weighted by atomic mass is 19.4. The van der Waals surface area contributed by atoms with E-state index in [-0.39, 0.29) is 28.5 Å². The van der Waals surface area contributed by atoms with Gasteiger partial charge in [-0.2, -0.15) is 0 Å². The zero-order valence-electron chi connectivity index (χ0n) is 21.5. The number of halogens is 3. The molecule has 1 aromatic heterocycles. The summed E-state index contributed by atoms with van der Waals surface area (Å²) in [4.78, 5) is 18.9. The number of nitrogens with zero attached hydrogens (tertiary/aromatic N) is 3. The third kappa shape index (κ3) is 5.77. The maximum Gasteiger partial charge on any atom is 0.573 e. The van der Waals surface area contributed by atoms with Crippen LogP contribution >= 0.6 is 0 Å². The van der Waals surface area contributed by atoms with Gasteiger partial charge < -0.3 is 19.5 Å². The molecule has 1 fully saturated rings. The number of aromatic nitrogens is 2. The molecule has 0 spiro atoms. The molecule has 0 radical (unpaired) electrons. The molecule has 4 rings (SSSR count). The van der Waals surface area contributed by atoms with Crippen molar-refractivity contribution in [3.05, 3.63) is 48.0 Å². The summed E-state index contributed by atoms with van der Waals surface area (Å²) < 4.78 is 43.8. The minimum absolute atomic E-state index is 0.110. The van der Waals surface area contributed by atoms with Crippen LogP contribution in [0, 0.1) is 10.8 Å². The van der Waals surface area contributed by atoms with Crippen molar-refractivity contribution in [3.63, 3.8) is 0 Å². The number of ether oxygens (including phenoxy) is 1. The Bertz CT molecular complexity index is 1240. The lowest BCUT2D eigenvalue weighted by Gasteiger charge is -2.45. The Morgan fingerprint density at radius 3 is 2.22 bits per heavy atom. The van der Waals surface area contributed by atoms with Crippen molar-refractivity contribution in [2.75, 3.05) is 19.4 Å². The van der Waals surface area contributed by atoms with E-state index in [2.05, 4.69) is 42.3 Å². The molecule has 1 saturated carbocycles. The van der Waals surface area contributed by atoms with E-state index in [9.17, 15) is 18.0 Å². The van der Waals surface area contributed by atoms with Crippen molar-refractivity contribution < 1.29 is 22.7 Å². The average molecular weight is 503 g/mol. The van der Waals surface area contributed by atoms with E-state index in [1.807, 2.05) is 12.1 Å². The van der Waals surface area contributed by atoms with Crippen LogP contribution < -0.4 is 10.1 Å². The first-order valence-electron chi connectivity index (χ1n) is 12.0. The molecule has 9 heteroatoms. The largest absolute Gasteiger partial charge is 0.573 e. The van der Waals surface area contributed by atoms with E-state index in [1.165, 1.54) is 29.2 Å². The summed E-state index contributed by atoms with van der Waals surface area (Å²) in [7, 11) is 3.41. The Kier molecular flexibility index (Phi) is 6.47. The van der Waals surface area contributed by atoms with Crippen LogP contribution in [0.4, 0.5) is 24.8 Å². The fraction of sp³-hybridized carbons (Fsp3) is 0.481. The summed E-state index contributed by atoms with van der Waals surface area (Å²) in [6.07, 6.45) is -1.74. The van der Waals surface area contributed by atoms with Gasteiger partial charge in [-0.05, 0) is 72.6 Å². The summed E-state index contributed by atoms with van der Waals surface area (Å²) in [6.45, 7) is 9.11. The van der Waals surface area contributed by atoms with E-state index >= 15 is 0 Å². The fourth-order valence-corrected chi connectivity index (χ4v) is 5.79. The molecular weight excluding hydrogens is 469 g/mol. The van der Waals surface area contributed by atoms with Crippen LogP contribution in [-0.4, -0.2) is 40.8 Å². The number of fused-ring (bicyclic) bond motifs is 1. The van der Waals surface area contributed by atoms with Crippen LogP contribution in [-0.2, 0) is 0 Å². The highest BCUT2D eigenvalue weighted by Crippen LogP contribution is 2.51. The van der Waals surface area contributed by atoms with Gasteiger partial charge in [0.2, 0.25) is 5.95 Å². The number of carbonyl (C=O) groups excluding carboxylic acids is 1. The highest BCUT2D eigenvalue weighted by Gasteiger charge is 2.40. The number of imidazole rings is 1. The molecule has 0 aliphatic heterocycles. The Hall–Kier alpha value is -3.23. The molecule has 6 nitrogen and oxygen atoms in total. The topological polar surface area (TPSA) is 59.4 Å². The van der Waals surface area contributed by atoms with Crippen molar-refractivity contribution in [1.82, 2.24) is 14.5 Å². The Morgan fingerprint density at radius 1 is 1.06 bits per heavy atom. The zero-order valence-corrected chi connectivity index (χ0v) is 21.5. The number of benzene rings is 2. The molecule has 2 aromatic carbocycles. The summed E-state index contributed by atoms with van der Waals surface area (Å²) >= 11 is 0. The molecule has 0 unspecified atom stereocenters. The zero-order chi connectivity index (χ0) is 26.5. The van der Waals surface area contributed by atoms with Gasteiger partial charge in [0, 0.05) is 31.4 Å². The summed E-state index contributed by atoms with van der Waals surface area (Å²) in [6, 6.07) is 11.3. The second-order valence-electron chi connectivity index (χ2n) is 11.5. The molecule has 3 aromatic rings. The van der Waals surface area contributed by atoms with Crippen LogP contribution in [0.25, 0.3) is 11.0 Å². The number of rotatable bonds is 5. The van der Waals surface area contributed by atoms with Crippen molar-refractivity contribution in [2.24, 2.45) is 10.8 Å². The van der Waals surface area contributed by atoms with Gasteiger partial charge in [0.25, 0.3) is 5.91 Å². The summed E-state index contributed by atoms with van der Waals surface area (Å²) in [5, 5.41) is 3.30. The lowest BCUT2D eigenvalue weighted by atomic mass is 9.63. The summed E-state index contributed by atoms with van der Waals surface area (Å²) in [5.74, 6) is 0.188. The summed E-state index contributed by atoms with van der Waals surface area (Å²) in [5.41, 5.74) is 2.96. The smallest absolute Gasteiger partial charge is 0.406 e. The van der Waals surface area contributed by atoms with Gasteiger partial charge in [-0.25, -0.2) is 4.98 Å². The minimum Gasteiger partial charge on any atom is -0.406 e. The Balaban J connectivity index is 1.76. The number of amides is 1. The van der Waals surface area contributed by atoms with Crippen LogP contribution in [0.2, 0.25) is 0 Å². The number of anilines is 2. The van der Waals surface area contributed by atoms with Crippen LogP contribution in [0.1, 0.15) is 63.4 Å². The standard InChI is InChI=1S/C27H33F3N4O2/c1-25(2)14-19(15-26(3,4)16-25)34-22-12-7-17(23(35)33(5)6)13-21(22)32-24(34)31-18-8-10-20(11-9-18)36-27(28,29)30/h7-13,19H,14-16H2,1-6H3,(H,31,32). The minimum atomic E-state index is -4.74. The molecule has 1 heterocycles. The average Bonchev–Trinajstić information content (AvgIpc) is 3.08. The van der Waals surface area contributed by atoms with Gasteiger partial charge in [0.1, 0.15) is 5.75 Å². The lowest BCUT2D eigenvalue weighted by Crippen LogP contribution is -2.35. The molecule has 1 aliphatic carbocycles. The number of hydrogen-bond acceptors (Lipinski definition) is 4. The van der Waals surface area contributed by atoms with Gasteiger partial charge in [0.15, 0.2) is 0 Å². The Morgan fingerprint density at radius 2 is 1.67 bits per heavy atom. The Labute approximate surface area is 209 Å². The van der Waals surface area contributed by atoms with E-state index < -0.39 is 6.36 Å². The number of nitrogens with one attached hydrogen (secondary N) is 1. The van der Waals surface area contributed by atoms with Gasteiger partial charge in [-0.15, -0.1) is 13.2 Å². The van der Waals surface area contributed by atoms with Crippen LogP contribution in [0.5, 0.6) is 5.75 Å². The predicted molar refractivity (Wildman–Crippen MR) is 135 cm³/mol. The third-order valence-corrected chi connectivity index (χ3v) is 6.59. The maximum absolute atomic E-state index is 12.6. The molecule has 0 bridgehead atoms. The molecule has 1 aliphatic rings. The van der Waals surface area contributed by atoms with E-state index in [1.54, 1.807) is 20.2 Å². The molecule has 36 heavy (non-hydrogen) atoms. The second kappa shape index (κ2) is 9.01. The van der Waals surface area contributed by atoms with Gasteiger partial charge >= 0.3 is 6.36 Å². The first kappa shape index (κ1) is 25.9. The molecule has 0 saturated heterocycles. The van der Waals surface area contributed by atoms with Crippen molar-refractivity contribution >= 4 is 28.6 Å². The van der Waals surface area contributed by atoms with Crippen LogP contribution in [0.15, 0.2) is 42.5 Å².